The van der Waals surface area contributed by atoms with E-state index in [2.05, 4.69) is 10.6 Å². The fourth-order valence-corrected chi connectivity index (χ4v) is 1.40. The first kappa shape index (κ1) is 16.0. The van der Waals surface area contributed by atoms with Crippen LogP contribution in [0.4, 0.5) is 10.5 Å². The quantitative estimate of drug-likeness (QED) is 0.693. The second-order valence-corrected chi connectivity index (χ2v) is 4.40. The zero-order valence-electron chi connectivity index (χ0n) is 11.7. The SMILES string of the molecule is CCCOC(=O)c1ccc(NC(=O)N[C@@H](C)CO)cc1. The molecule has 0 unspecified atom stereocenters. The number of urea groups is 1. The van der Waals surface area contributed by atoms with Gasteiger partial charge in [0.15, 0.2) is 0 Å². The Morgan fingerprint density at radius 2 is 1.95 bits per heavy atom. The molecule has 0 aliphatic rings. The van der Waals surface area contributed by atoms with Crippen LogP contribution in [0.15, 0.2) is 24.3 Å². The number of carbonyl (C=O) groups is 2. The fourth-order valence-electron chi connectivity index (χ4n) is 1.40. The smallest absolute Gasteiger partial charge is 0.338 e. The Bertz CT molecular complexity index is 445. The van der Waals surface area contributed by atoms with E-state index in [9.17, 15) is 9.59 Å². The summed E-state index contributed by atoms with van der Waals surface area (Å²) in [6, 6.07) is 5.68. The van der Waals surface area contributed by atoms with Gasteiger partial charge in [-0.15, -0.1) is 0 Å². The summed E-state index contributed by atoms with van der Waals surface area (Å²) >= 11 is 0. The Hall–Kier alpha value is -2.08. The van der Waals surface area contributed by atoms with Gasteiger partial charge in [0.25, 0.3) is 0 Å². The van der Waals surface area contributed by atoms with E-state index in [4.69, 9.17) is 9.84 Å². The molecule has 110 valence electrons. The molecule has 3 N–H and O–H groups in total. The van der Waals surface area contributed by atoms with E-state index in [-0.39, 0.29) is 18.6 Å². The van der Waals surface area contributed by atoms with Crippen molar-refractivity contribution in [2.45, 2.75) is 26.3 Å². The molecule has 0 spiro atoms. The molecule has 0 aliphatic carbocycles. The Kier molecular flexibility index (Phi) is 6.52. The van der Waals surface area contributed by atoms with Gasteiger partial charge in [-0.3, -0.25) is 0 Å². The minimum absolute atomic E-state index is 0.129. The molecular weight excluding hydrogens is 260 g/mol. The van der Waals surface area contributed by atoms with Crippen molar-refractivity contribution in [3.05, 3.63) is 29.8 Å². The number of carbonyl (C=O) groups excluding carboxylic acids is 2. The molecule has 20 heavy (non-hydrogen) atoms. The topological polar surface area (TPSA) is 87.7 Å². The van der Waals surface area contributed by atoms with Gasteiger partial charge in [-0.25, -0.2) is 9.59 Å². The van der Waals surface area contributed by atoms with Crippen LogP contribution in [0, 0.1) is 0 Å². The van der Waals surface area contributed by atoms with Crippen molar-refractivity contribution in [3.63, 3.8) is 0 Å². The first-order valence-corrected chi connectivity index (χ1v) is 6.52. The summed E-state index contributed by atoms with van der Waals surface area (Å²) in [6.45, 7) is 3.87. The average Bonchev–Trinajstić information content (AvgIpc) is 2.45. The van der Waals surface area contributed by atoms with Crippen molar-refractivity contribution in [3.8, 4) is 0 Å². The van der Waals surface area contributed by atoms with Crippen molar-refractivity contribution < 1.29 is 19.4 Å². The summed E-state index contributed by atoms with van der Waals surface area (Å²) < 4.78 is 5.00. The highest BCUT2D eigenvalue weighted by Crippen LogP contribution is 2.10. The lowest BCUT2D eigenvalue weighted by molar-refractivity contribution is 0.0505. The van der Waals surface area contributed by atoms with Gasteiger partial charge in [0.2, 0.25) is 0 Å². The predicted octanol–water partition coefficient (Wildman–Crippen LogP) is 1.76. The molecule has 0 bridgehead atoms. The summed E-state index contributed by atoms with van der Waals surface area (Å²) in [5.41, 5.74) is 0.993. The summed E-state index contributed by atoms with van der Waals surface area (Å²) in [7, 11) is 0. The predicted molar refractivity (Wildman–Crippen MR) is 75.7 cm³/mol. The highest BCUT2D eigenvalue weighted by Gasteiger charge is 2.08. The first-order chi connectivity index (χ1) is 9.56. The molecule has 0 fully saturated rings. The Morgan fingerprint density at radius 3 is 2.50 bits per heavy atom. The lowest BCUT2D eigenvalue weighted by atomic mass is 10.2. The number of aliphatic hydroxyl groups excluding tert-OH is 1. The van der Waals surface area contributed by atoms with E-state index < -0.39 is 6.03 Å². The number of anilines is 1. The molecule has 1 atom stereocenters. The van der Waals surface area contributed by atoms with Crippen molar-refractivity contribution in [2.24, 2.45) is 0 Å². The third kappa shape index (κ3) is 5.27. The molecule has 1 aromatic rings. The second-order valence-electron chi connectivity index (χ2n) is 4.40. The maximum absolute atomic E-state index is 11.6. The van der Waals surface area contributed by atoms with Crippen LogP contribution < -0.4 is 10.6 Å². The third-order valence-corrected chi connectivity index (χ3v) is 2.47. The molecule has 0 saturated carbocycles. The van der Waals surface area contributed by atoms with Crippen molar-refractivity contribution in [1.82, 2.24) is 5.32 Å². The Balaban J connectivity index is 2.54. The summed E-state index contributed by atoms with van der Waals surface area (Å²) in [5, 5.41) is 14.0. The van der Waals surface area contributed by atoms with Crippen molar-refractivity contribution >= 4 is 17.7 Å². The van der Waals surface area contributed by atoms with Crippen molar-refractivity contribution in [2.75, 3.05) is 18.5 Å². The van der Waals surface area contributed by atoms with E-state index in [0.29, 0.717) is 17.9 Å². The van der Waals surface area contributed by atoms with Gasteiger partial charge in [-0.1, -0.05) is 6.92 Å². The minimum atomic E-state index is -0.409. The highest BCUT2D eigenvalue weighted by atomic mass is 16.5. The molecule has 2 amide bonds. The van der Waals surface area contributed by atoms with Gasteiger partial charge >= 0.3 is 12.0 Å². The number of ether oxygens (including phenoxy) is 1. The number of benzene rings is 1. The van der Waals surface area contributed by atoms with E-state index in [1.807, 2.05) is 6.92 Å². The van der Waals surface area contributed by atoms with E-state index >= 15 is 0 Å². The summed E-state index contributed by atoms with van der Waals surface area (Å²) in [5.74, 6) is -0.378. The minimum Gasteiger partial charge on any atom is -0.462 e. The van der Waals surface area contributed by atoms with Crippen LogP contribution in [-0.2, 0) is 4.74 Å². The maximum Gasteiger partial charge on any atom is 0.338 e. The van der Waals surface area contributed by atoms with Gasteiger partial charge in [0, 0.05) is 5.69 Å². The lowest BCUT2D eigenvalue weighted by Gasteiger charge is -2.12. The number of rotatable bonds is 6. The number of aliphatic hydroxyl groups is 1. The van der Waals surface area contributed by atoms with E-state index in [1.165, 1.54) is 0 Å². The Labute approximate surface area is 118 Å². The Morgan fingerprint density at radius 1 is 1.30 bits per heavy atom. The van der Waals surface area contributed by atoms with Crippen molar-refractivity contribution in [1.29, 1.82) is 0 Å². The lowest BCUT2D eigenvalue weighted by Crippen LogP contribution is -2.38. The molecular formula is C14H20N2O4. The van der Waals surface area contributed by atoms with Gasteiger partial charge in [-0.05, 0) is 37.6 Å². The highest BCUT2D eigenvalue weighted by molar-refractivity contribution is 5.92. The largest absolute Gasteiger partial charge is 0.462 e. The normalized spacial score (nSPS) is 11.6. The van der Waals surface area contributed by atoms with Crippen LogP contribution >= 0.6 is 0 Å². The maximum atomic E-state index is 11.6. The van der Waals surface area contributed by atoms with Gasteiger partial charge in [-0.2, -0.15) is 0 Å². The second kappa shape index (κ2) is 8.16. The van der Waals surface area contributed by atoms with Gasteiger partial charge in [0.05, 0.1) is 24.8 Å². The summed E-state index contributed by atoms with van der Waals surface area (Å²) in [4.78, 5) is 23.1. The van der Waals surface area contributed by atoms with E-state index in [1.54, 1.807) is 31.2 Å². The summed E-state index contributed by atoms with van der Waals surface area (Å²) in [6.07, 6.45) is 0.772. The molecule has 1 aromatic carbocycles. The first-order valence-electron chi connectivity index (χ1n) is 6.52. The fraction of sp³-hybridized carbons (Fsp3) is 0.429. The molecule has 6 nitrogen and oxygen atoms in total. The van der Waals surface area contributed by atoms with Crippen LogP contribution in [0.3, 0.4) is 0 Å². The average molecular weight is 280 g/mol. The van der Waals surface area contributed by atoms with Crippen LogP contribution in [-0.4, -0.2) is 36.4 Å². The molecule has 0 saturated heterocycles. The molecule has 0 aromatic heterocycles. The number of hydrogen-bond donors (Lipinski definition) is 3. The number of amides is 2. The number of hydrogen-bond acceptors (Lipinski definition) is 4. The molecule has 1 rings (SSSR count). The standard InChI is InChI=1S/C14H20N2O4/c1-3-8-20-13(18)11-4-6-12(7-5-11)16-14(19)15-10(2)9-17/h4-7,10,17H,3,8-9H2,1-2H3,(H2,15,16,19)/t10-/m0/s1. The molecule has 6 heteroatoms. The monoisotopic (exact) mass is 280 g/mol. The van der Waals surface area contributed by atoms with Crippen LogP contribution in [0.25, 0.3) is 0 Å². The molecule has 0 radical (unpaired) electrons. The van der Waals surface area contributed by atoms with Gasteiger partial charge in [0.1, 0.15) is 0 Å². The molecule has 0 aliphatic heterocycles. The van der Waals surface area contributed by atoms with Crippen LogP contribution in [0.5, 0.6) is 0 Å². The van der Waals surface area contributed by atoms with Crippen LogP contribution in [0.1, 0.15) is 30.6 Å². The van der Waals surface area contributed by atoms with Crippen LogP contribution in [0.2, 0.25) is 0 Å². The van der Waals surface area contributed by atoms with Gasteiger partial charge < -0.3 is 20.5 Å². The number of esters is 1. The number of nitrogens with one attached hydrogen (secondary N) is 2. The third-order valence-electron chi connectivity index (χ3n) is 2.47. The zero-order chi connectivity index (χ0) is 15.0. The van der Waals surface area contributed by atoms with E-state index in [0.717, 1.165) is 6.42 Å². The zero-order valence-corrected chi connectivity index (χ0v) is 11.7. The molecule has 0 heterocycles.